The lowest BCUT2D eigenvalue weighted by molar-refractivity contribution is 0.363. The van der Waals surface area contributed by atoms with Gasteiger partial charge < -0.3 is 4.74 Å². The van der Waals surface area contributed by atoms with E-state index < -0.39 is 0 Å². The van der Waals surface area contributed by atoms with Crippen LogP contribution >= 0.6 is 0 Å². The number of hydrogen-bond donors (Lipinski definition) is 0. The molecule has 0 spiro atoms. The summed E-state index contributed by atoms with van der Waals surface area (Å²) in [5.74, 6) is 0.897. The smallest absolute Gasteiger partial charge is 0.119 e. The first-order valence-corrected chi connectivity index (χ1v) is 4.29. The number of ether oxygens (including phenoxy) is 1. The largest absolute Gasteiger partial charge is 0.490 e. The van der Waals surface area contributed by atoms with E-state index in [9.17, 15) is 0 Å². The second-order valence-electron chi connectivity index (χ2n) is 2.87. The van der Waals surface area contributed by atoms with Gasteiger partial charge in [-0.3, -0.25) is 0 Å². The summed E-state index contributed by atoms with van der Waals surface area (Å²) in [6.45, 7) is 6.31. The minimum atomic E-state index is 0.594. The lowest BCUT2D eigenvalue weighted by Gasteiger charge is -2.01. The highest BCUT2D eigenvalue weighted by Crippen LogP contribution is 2.07. The zero-order valence-electron chi connectivity index (χ0n) is 7.86. The Labute approximate surface area is 79.4 Å². The zero-order valence-corrected chi connectivity index (χ0v) is 7.86. The molecule has 1 rings (SSSR count). The summed E-state index contributed by atoms with van der Waals surface area (Å²) in [6, 6.07) is 9.76. The molecular weight excluding hydrogens is 160 g/mol. The van der Waals surface area contributed by atoms with Gasteiger partial charge in [-0.2, -0.15) is 0 Å². The van der Waals surface area contributed by atoms with Crippen LogP contribution in [0.15, 0.2) is 54.6 Å². The van der Waals surface area contributed by atoms with Gasteiger partial charge in [0.15, 0.2) is 0 Å². The third kappa shape index (κ3) is 4.16. The molecule has 1 heteroatoms. The Bertz CT molecular complexity index is 285. The first-order valence-electron chi connectivity index (χ1n) is 4.29. The summed E-state index contributed by atoms with van der Waals surface area (Å²) < 4.78 is 5.43. The van der Waals surface area contributed by atoms with E-state index in [1.807, 2.05) is 49.4 Å². The van der Waals surface area contributed by atoms with Crippen LogP contribution < -0.4 is 4.74 Å². The highest BCUT2D eigenvalue weighted by atomic mass is 16.5. The van der Waals surface area contributed by atoms with E-state index in [0.29, 0.717) is 6.61 Å². The van der Waals surface area contributed by atoms with Gasteiger partial charge in [0.25, 0.3) is 0 Å². The van der Waals surface area contributed by atoms with Gasteiger partial charge in [-0.1, -0.05) is 36.4 Å². The van der Waals surface area contributed by atoms with Crippen molar-refractivity contribution in [1.82, 2.24) is 0 Å². The van der Waals surface area contributed by atoms with Crippen molar-refractivity contribution >= 4 is 0 Å². The Morgan fingerprint density at radius 3 is 2.69 bits per heavy atom. The van der Waals surface area contributed by atoms with Gasteiger partial charge in [-0.05, 0) is 25.1 Å². The second kappa shape index (κ2) is 5.20. The first-order chi connectivity index (χ1) is 6.29. The van der Waals surface area contributed by atoms with Crippen molar-refractivity contribution in [3.63, 3.8) is 0 Å². The molecule has 1 aromatic carbocycles. The van der Waals surface area contributed by atoms with Crippen LogP contribution in [-0.2, 0) is 0 Å². The first kappa shape index (κ1) is 9.59. The molecule has 1 nitrogen and oxygen atoms in total. The van der Waals surface area contributed by atoms with Crippen LogP contribution in [0.2, 0.25) is 0 Å². The SMILES string of the molecule is C=C(C)/C=C/COc1ccccc1. The number of benzene rings is 1. The molecule has 0 saturated heterocycles. The van der Waals surface area contributed by atoms with Gasteiger partial charge in [-0.25, -0.2) is 0 Å². The fraction of sp³-hybridized carbons (Fsp3) is 0.167. The third-order valence-corrected chi connectivity index (χ3v) is 1.49. The summed E-state index contributed by atoms with van der Waals surface area (Å²) in [6.07, 6.45) is 3.90. The predicted octanol–water partition coefficient (Wildman–Crippen LogP) is 3.20. The van der Waals surface area contributed by atoms with Gasteiger partial charge in [0.1, 0.15) is 12.4 Å². The Kier molecular flexibility index (Phi) is 3.83. The minimum absolute atomic E-state index is 0.594. The number of para-hydroxylation sites is 1. The predicted molar refractivity (Wildman–Crippen MR) is 55.9 cm³/mol. The normalized spacial score (nSPS) is 10.2. The van der Waals surface area contributed by atoms with Crippen LogP contribution in [0.1, 0.15) is 6.92 Å². The Morgan fingerprint density at radius 2 is 2.08 bits per heavy atom. The van der Waals surface area contributed by atoms with Crippen LogP contribution in [0.4, 0.5) is 0 Å². The van der Waals surface area contributed by atoms with Gasteiger partial charge >= 0.3 is 0 Å². The molecule has 68 valence electrons. The highest BCUT2D eigenvalue weighted by Gasteiger charge is 1.86. The van der Waals surface area contributed by atoms with Crippen molar-refractivity contribution in [1.29, 1.82) is 0 Å². The molecule has 0 heterocycles. The maximum absolute atomic E-state index is 5.43. The summed E-state index contributed by atoms with van der Waals surface area (Å²) in [7, 11) is 0. The van der Waals surface area contributed by atoms with Gasteiger partial charge in [0.05, 0.1) is 0 Å². The second-order valence-corrected chi connectivity index (χ2v) is 2.87. The molecule has 0 bridgehead atoms. The van der Waals surface area contributed by atoms with Crippen LogP contribution in [0.25, 0.3) is 0 Å². The summed E-state index contributed by atoms with van der Waals surface area (Å²) >= 11 is 0. The van der Waals surface area contributed by atoms with E-state index in [0.717, 1.165) is 11.3 Å². The summed E-state index contributed by atoms with van der Waals surface area (Å²) in [5, 5.41) is 0. The van der Waals surface area contributed by atoms with Gasteiger partial charge in [0, 0.05) is 0 Å². The maximum atomic E-state index is 5.43. The number of allylic oxidation sites excluding steroid dienone is 2. The van der Waals surface area contributed by atoms with Crippen molar-refractivity contribution in [3.05, 3.63) is 54.6 Å². The molecule has 13 heavy (non-hydrogen) atoms. The number of rotatable bonds is 4. The highest BCUT2D eigenvalue weighted by molar-refractivity contribution is 5.21. The summed E-state index contributed by atoms with van der Waals surface area (Å²) in [4.78, 5) is 0. The fourth-order valence-electron chi connectivity index (χ4n) is 0.910. The van der Waals surface area contributed by atoms with Crippen molar-refractivity contribution in [3.8, 4) is 5.75 Å². The molecule has 0 saturated carbocycles. The lowest BCUT2D eigenvalue weighted by Crippen LogP contribution is -1.92. The van der Waals surface area contributed by atoms with Gasteiger partial charge in [0.2, 0.25) is 0 Å². The van der Waals surface area contributed by atoms with E-state index in [1.54, 1.807) is 0 Å². The molecule has 0 radical (unpaired) electrons. The number of hydrogen-bond acceptors (Lipinski definition) is 1. The summed E-state index contributed by atoms with van der Waals surface area (Å²) in [5.41, 5.74) is 1.04. The maximum Gasteiger partial charge on any atom is 0.119 e. The van der Waals surface area contributed by atoms with E-state index in [1.165, 1.54) is 0 Å². The average molecular weight is 174 g/mol. The topological polar surface area (TPSA) is 9.23 Å². The third-order valence-electron chi connectivity index (χ3n) is 1.49. The standard InChI is InChI=1S/C12H14O/c1-11(2)7-6-10-13-12-8-4-3-5-9-12/h3-9H,1,10H2,2H3/b7-6+. The molecule has 0 unspecified atom stereocenters. The molecule has 0 amide bonds. The van der Waals surface area contributed by atoms with Crippen molar-refractivity contribution in [2.45, 2.75) is 6.92 Å². The van der Waals surface area contributed by atoms with Crippen LogP contribution in [0.5, 0.6) is 5.75 Å². The molecule has 0 N–H and O–H groups in total. The van der Waals surface area contributed by atoms with E-state index >= 15 is 0 Å². The van der Waals surface area contributed by atoms with E-state index in [2.05, 4.69) is 6.58 Å². The molecular formula is C12H14O. The van der Waals surface area contributed by atoms with Crippen LogP contribution in [0.3, 0.4) is 0 Å². The molecule has 0 aliphatic rings. The molecule has 0 fully saturated rings. The Morgan fingerprint density at radius 1 is 1.38 bits per heavy atom. The Hall–Kier alpha value is -1.50. The molecule has 1 aromatic rings. The molecule has 0 aromatic heterocycles. The van der Waals surface area contributed by atoms with Crippen molar-refractivity contribution in [2.24, 2.45) is 0 Å². The zero-order chi connectivity index (χ0) is 9.52. The average Bonchev–Trinajstić information content (AvgIpc) is 2.14. The monoisotopic (exact) mass is 174 g/mol. The Balaban J connectivity index is 2.32. The van der Waals surface area contributed by atoms with E-state index in [4.69, 9.17) is 4.74 Å². The van der Waals surface area contributed by atoms with E-state index in [-0.39, 0.29) is 0 Å². The van der Waals surface area contributed by atoms with Crippen LogP contribution in [-0.4, -0.2) is 6.61 Å². The fourth-order valence-corrected chi connectivity index (χ4v) is 0.910. The van der Waals surface area contributed by atoms with Crippen molar-refractivity contribution < 1.29 is 4.74 Å². The molecule has 0 atom stereocenters. The van der Waals surface area contributed by atoms with Crippen LogP contribution in [0, 0.1) is 0 Å². The van der Waals surface area contributed by atoms with Gasteiger partial charge in [-0.15, -0.1) is 0 Å². The minimum Gasteiger partial charge on any atom is -0.490 e. The molecule has 0 aliphatic heterocycles. The van der Waals surface area contributed by atoms with Crippen molar-refractivity contribution in [2.75, 3.05) is 6.61 Å². The molecule has 0 aliphatic carbocycles. The quantitative estimate of drug-likeness (QED) is 0.637. The lowest BCUT2D eigenvalue weighted by atomic mass is 10.3.